The number of hydrogen-bond acceptors (Lipinski definition) is 1. The summed E-state index contributed by atoms with van der Waals surface area (Å²) in [4.78, 5) is 0. The highest BCUT2D eigenvalue weighted by Crippen LogP contribution is 2.18. The Bertz CT molecular complexity index is 213. The molecule has 0 aromatic heterocycles. The number of halogens is 2. The Morgan fingerprint density at radius 2 is 1.92 bits per heavy atom. The van der Waals surface area contributed by atoms with Gasteiger partial charge in [0.1, 0.15) is 6.67 Å². The van der Waals surface area contributed by atoms with Crippen LogP contribution >= 0.6 is 11.8 Å². The van der Waals surface area contributed by atoms with Crippen LogP contribution in [0.1, 0.15) is 5.56 Å². The first-order valence-corrected chi connectivity index (χ1v) is 4.73. The van der Waals surface area contributed by atoms with Crippen molar-refractivity contribution in [3.05, 3.63) is 35.9 Å². The summed E-state index contributed by atoms with van der Waals surface area (Å²) >= 11 is 0.988. The Morgan fingerprint density at radius 1 is 1.25 bits per heavy atom. The normalized spacial score (nSPS) is 12.8. The Kier molecular flexibility index (Phi) is 4.08. The predicted molar refractivity (Wildman–Crippen MR) is 48.6 cm³/mol. The van der Waals surface area contributed by atoms with Crippen molar-refractivity contribution in [3.8, 4) is 0 Å². The molecule has 1 unspecified atom stereocenters. The second-order valence-electron chi connectivity index (χ2n) is 2.36. The lowest BCUT2D eigenvalue weighted by Gasteiger charge is -2.02. The van der Waals surface area contributed by atoms with E-state index in [1.807, 2.05) is 30.3 Å². The van der Waals surface area contributed by atoms with E-state index < -0.39 is 12.2 Å². The molecule has 0 saturated heterocycles. The molecule has 0 heterocycles. The maximum atomic E-state index is 12.4. The monoisotopic (exact) mass is 188 g/mol. The van der Waals surface area contributed by atoms with Gasteiger partial charge in [0.05, 0.1) is 0 Å². The molecule has 3 heteroatoms. The van der Waals surface area contributed by atoms with Crippen molar-refractivity contribution < 1.29 is 8.78 Å². The van der Waals surface area contributed by atoms with Crippen LogP contribution in [0, 0.1) is 0 Å². The van der Waals surface area contributed by atoms with E-state index in [1.165, 1.54) is 0 Å². The van der Waals surface area contributed by atoms with Gasteiger partial charge in [-0.1, -0.05) is 30.3 Å². The fraction of sp³-hybridized carbons (Fsp3) is 0.333. The minimum atomic E-state index is -1.38. The van der Waals surface area contributed by atoms with Crippen molar-refractivity contribution in [1.29, 1.82) is 0 Å². The molecule has 0 amide bonds. The van der Waals surface area contributed by atoms with Crippen LogP contribution in [0.4, 0.5) is 8.78 Å². The van der Waals surface area contributed by atoms with Gasteiger partial charge in [0.25, 0.3) is 0 Å². The minimum Gasteiger partial charge on any atom is -0.247 e. The van der Waals surface area contributed by atoms with Gasteiger partial charge in [-0.3, -0.25) is 0 Å². The van der Waals surface area contributed by atoms with E-state index in [-0.39, 0.29) is 0 Å². The summed E-state index contributed by atoms with van der Waals surface area (Å²) in [6.45, 7) is -0.905. The molecule has 0 saturated carbocycles. The zero-order valence-electron chi connectivity index (χ0n) is 6.54. The van der Waals surface area contributed by atoms with Crippen molar-refractivity contribution in [2.24, 2.45) is 0 Å². The zero-order valence-corrected chi connectivity index (χ0v) is 7.36. The molecule has 0 aliphatic carbocycles. The third kappa shape index (κ3) is 3.22. The van der Waals surface area contributed by atoms with Crippen LogP contribution in [0.5, 0.6) is 0 Å². The van der Waals surface area contributed by atoms with E-state index in [2.05, 4.69) is 0 Å². The van der Waals surface area contributed by atoms with Crippen LogP contribution in [0.3, 0.4) is 0 Å². The van der Waals surface area contributed by atoms with E-state index in [4.69, 9.17) is 0 Å². The summed E-state index contributed by atoms with van der Waals surface area (Å²) in [5.41, 5.74) is -0.358. The van der Waals surface area contributed by atoms with Crippen LogP contribution < -0.4 is 0 Å². The van der Waals surface area contributed by atoms with Gasteiger partial charge in [-0.05, 0) is 5.56 Å². The molecule has 12 heavy (non-hydrogen) atoms. The molecule has 0 N–H and O–H groups in total. The lowest BCUT2D eigenvalue weighted by atomic mass is 10.2. The first-order valence-electron chi connectivity index (χ1n) is 3.68. The smallest absolute Gasteiger partial charge is 0.174 e. The largest absolute Gasteiger partial charge is 0.247 e. The maximum absolute atomic E-state index is 12.4. The van der Waals surface area contributed by atoms with Gasteiger partial charge < -0.3 is 0 Å². The molecule has 1 aromatic carbocycles. The van der Waals surface area contributed by atoms with E-state index in [1.54, 1.807) is 0 Å². The van der Waals surface area contributed by atoms with Crippen LogP contribution in [0.2, 0.25) is 0 Å². The van der Waals surface area contributed by atoms with Gasteiger partial charge in [0.2, 0.25) is 0 Å². The molecule has 66 valence electrons. The number of rotatable bonds is 4. The third-order valence-electron chi connectivity index (χ3n) is 1.39. The van der Waals surface area contributed by atoms with E-state index in [0.717, 1.165) is 17.3 Å². The lowest BCUT2D eigenvalue weighted by molar-refractivity contribution is 0.348. The molecule has 1 atom stereocenters. The average molecular weight is 188 g/mol. The van der Waals surface area contributed by atoms with Gasteiger partial charge in [-0.15, -0.1) is 11.8 Å². The SMILES string of the molecule is FCC(F)SCc1ccccc1. The van der Waals surface area contributed by atoms with Crippen molar-refractivity contribution in [2.75, 3.05) is 6.67 Å². The topological polar surface area (TPSA) is 0 Å². The molecule has 1 aromatic rings. The second-order valence-corrected chi connectivity index (χ2v) is 3.49. The minimum absolute atomic E-state index is 0.534. The van der Waals surface area contributed by atoms with E-state index in [0.29, 0.717) is 5.75 Å². The van der Waals surface area contributed by atoms with Gasteiger partial charge in [0, 0.05) is 5.75 Å². The van der Waals surface area contributed by atoms with Gasteiger partial charge in [0.15, 0.2) is 5.50 Å². The van der Waals surface area contributed by atoms with Crippen molar-refractivity contribution in [1.82, 2.24) is 0 Å². The van der Waals surface area contributed by atoms with Crippen LogP contribution in [0.25, 0.3) is 0 Å². The highest BCUT2D eigenvalue weighted by Gasteiger charge is 2.04. The Hall–Kier alpha value is -0.570. The molecule has 1 rings (SSSR count). The van der Waals surface area contributed by atoms with Crippen LogP contribution in [-0.2, 0) is 5.75 Å². The number of hydrogen-bond donors (Lipinski definition) is 0. The number of alkyl halides is 2. The molecule has 0 aliphatic heterocycles. The maximum Gasteiger partial charge on any atom is 0.174 e. The van der Waals surface area contributed by atoms with Gasteiger partial charge in [-0.2, -0.15) is 0 Å². The van der Waals surface area contributed by atoms with E-state index in [9.17, 15) is 8.78 Å². The fourth-order valence-electron chi connectivity index (χ4n) is 0.805. The molecule has 0 aliphatic rings. The van der Waals surface area contributed by atoms with Gasteiger partial charge >= 0.3 is 0 Å². The molecule has 0 fully saturated rings. The molecule has 0 bridgehead atoms. The summed E-state index contributed by atoms with van der Waals surface area (Å²) in [7, 11) is 0. The Morgan fingerprint density at radius 3 is 2.50 bits per heavy atom. The Balaban J connectivity index is 2.33. The molecule has 0 nitrogen and oxygen atoms in total. The number of benzene rings is 1. The van der Waals surface area contributed by atoms with Crippen molar-refractivity contribution in [2.45, 2.75) is 11.3 Å². The average Bonchev–Trinajstić information content (AvgIpc) is 2.16. The van der Waals surface area contributed by atoms with Crippen LogP contribution in [-0.4, -0.2) is 12.2 Å². The second kappa shape index (κ2) is 5.14. The summed E-state index contributed by atoms with van der Waals surface area (Å²) in [6, 6.07) is 9.48. The quantitative estimate of drug-likeness (QED) is 0.699. The van der Waals surface area contributed by atoms with Gasteiger partial charge in [-0.25, -0.2) is 8.78 Å². The Labute approximate surface area is 75.0 Å². The highest BCUT2D eigenvalue weighted by atomic mass is 32.2. The fourth-order valence-corrected chi connectivity index (χ4v) is 1.46. The van der Waals surface area contributed by atoms with Crippen molar-refractivity contribution in [3.63, 3.8) is 0 Å². The molecule has 0 spiro atoms. The molecular formula is C9H10F2S. The van der Waals surface area contributed by atoms with E-state index >= 15 is 0 Å². The standard InChI is InChI=1S/C9H10F2S/c10-6-9(11)12-7-8-4-2-1-3-5-8/h1-5,9H,6-7H2. The third-order valence-corrected chi connectivity index (χ3v) is 2.38. The summed E-state index contributed by atoms with van der Waals surface area (Å²) < 4.78 is 24.1. The zero-order chi connectivity index (χ0) is 8.81. The highest BCUT2D eigenvalue weighted by molar-refractivity contribution is 7.99. The summed E-state index contributed by atoms with van der Waals surface area (Å²) in [5.74, 6) is 0.534. The molecule has 0 radical (unpaired) electrons. The molecular weight excluding hydrogens is 178 g/mol. The summed E-state index contributed by atoms with van der Waals surface area (Å²) in [6.07, 6.45) is 0. The van der Waals surface area contributed by atoms with Crippen molar-refractivity contribution >= 4 is 11.8 Å². The first-order chi connectivity index (χ1) is 5.83. The number of thioether (sulfide) groups is 1. The lowest BCUT2D eigenvalue weighted by Crippen LogP contribution is -1.96. The van der Waals surface area contributed by atoms with Crippen LogP contribution in [0.15, 0.2) is 30.3 Å². The predicted octanol–water partition coefficient (Wildman–Crippen LogP) is 3.18. The first kappa shape index (κ1) is 9.52. The summed E-state index contributed by atoms with van der Waals surface area (Å²) in [5, 5.41) is 0.